The summed E-state index contributed by atoms with van der Waals surface area (Å²) in [5.74, 6) is -1.31. The first-order valence-electron chi connectivity index (χ1n) is 7.02. The Labute approximate surface area is 124 Å². The highest BCUT2D eigenvalue weighted by atomic mass is 16.5. The second-order valence-electron chi connectivity index (χ2n) is 4.94. The van der Waals surface area contributed by atoms with Crippen molar-refractivity contribution in [1.82, 2.24) is 14.7 Å². The molecule has 0 aromatic rings. The van der Waals surface area contributed by atoms with Gasteiger partial charge in [-0.25, -0.2) is 4.79 Å². The van der Waals surface area contributed by atoms with E-state index in [-0.39, 0.29) is 19.1 Å². The van der Waals surface area contributed by atoms with Crippen LogP contribution in [0.4, 0.5) is 4.79 Å². The molecule has 0 saturated carbocycles. The fraction of sp³-hybridized carbons (Fsp3) is 0.769. The summed E-state index contributed by atoms with van der Waals surface area (Å²) in [5.41, 5.74) is 0. The summed E-state index contributed by atoms with van der Waals surface area (Å²) >= 11 is 0. The monoisotopic (exact) mass is 301 g/mol. The van der Waals surface area contributed by atoms with E-state index < -0.39 is 11.9 Å². The summed E-state index contributed by atoms with van der Waals surface area (Å²) in [6.07, 6.45) is 0.752. The lowest BCUT2D eigenvalue weighted by Crippen LogP contribution is -2.54. The summed E-state index contributed by atoms with van der Waals surface area (Å²) in [6, 6.07) is -0.197. The number of nitrogens with zero attached hydrogens (tertiary/aromatic N) is 3. The number of ether oxygens (including phenoxy) is 1. The molecule has 8 heteroatoms. The third kappa shape index (κ3) is 5.58. The van der Waals surface area contributed by atoms with Crippen LogP contribution < -0.4 is 0 Å². The highest BCUT2D eigenvalue weighted by Gasteiger charge is 2.26. The van der Waals surface area contributed by atoms with E-state index in [0.29, 0.717) is 32.7 Å². The van der Waals surface area contributed by atoms with Crippen molar-refractivity contribution in [2.24, 2.45) is 0 Å². The quantitative estimate of drug-likeness (QED) is 0.677. The number of methoxy groups -OCH3 is 1. The molecule has 0 atom stereocenters. The van der Waals surface area contributed by atoms with Crippen LogP contribution in [0.2, 0.25) is 0 Å². The Bertz CT molecular complexity index is 380. The largest absolute Gasteiger partial charge is 0.480 e. The van der Waals surface area contributed by atoms with E-state index in [4.69, 9.17) is 5.11 Å². The highest BCUT2D eigenvalue weighted by Crippen LogP contribution is 2.07. The van der Waals surface area contributed by atoms with Crippen LogP contribution in [0.1, 0.15) is 13.3 Å². The van der Waals surface area contributed by atoms with Crippen LogP contribution >= 0.6 is 0 Å². The maximum atomic E-state index is 12.4. The van der Waals surface area contributed by atoms with Gasteiger partial charge in [0.1, 0.15) is 6.54 Å². The smallest absolute Gasteiger partial charge is 0.325 e. The number of piperazine rings is 1. The molecule has 21 heavy (non-hydrogen) atoms. The van der Waals surface area contributed by atoms with Crippen molar-refractivity contribution in [3.8, 4) is 0 Å². The first kappa shape index (κ1) is 17.2. The number of rotatable bonds is 6. The second kappa shape index (κ2) is 8.46. The fourth-order valence-corrected chi connectivity index (χ4v) is 2.22. The molecule has 0 bridgehead atoms. The number of carboxylic acid groups (broad SMARTS) is 1. The third-order valence-electron chi connectivity index (χ3n) is 3.31. The number of carboxylic acids is 1. The molecule has 1 heterocycles. The molecular weight excluding hydrogens is 278 g/mol. The Balaban J connectivity index is 2.52. The zero-order valence-corrected chi connectivity index (χ0v) is 12.6. The first-order valence-corrected chi connectivity index (χ1v) is 7.02. The SMILES string of the molecule is CCCN(CC(=O)OC)C(=O)N1CCN(CC(=O)O)CC1. The Kier molecular flexibility index (Phi) is 6.93. The van der Waals surface area contributed by atoms with E-state index in [1.165, 1.54) is 12.0 Å². The van der Waals surface area contributed by atoms with Gasteiger partial charge in [-0.2, -0.15) is 0 Å². The Morgan fingerprint density at radius 3 is 2.29 bits per heavy atom. The van der Waals surface area contributed by atoms with Crippen LogP contribution in [0.3, 0.4) is 0 Å². The van der Waals surface area contributed by atoms with Crippen molar-refractivity contribution >= 4 is 18.0 Å². The summed E-state index contributed by atoms with van der Waals surface area (Å²) in [5, 5.41) is 8.74. The van der Waals surface area contributed by atoms with Gasteiger partial charge in [-0.1, -0.05) is 6.92 Å². The van der Waals surface area contributed by atoms with E-state index in [0.717, 1.165) is 6.42 Å². The van der Waals surface area contributed by atoms with Gasteiger partial charge in [0.2, 0.25) is 0 Å². The molecule has 0 aromatic heterocycles. The van der Waals surface area contributed by atoms with Crippen LogP contribution in [0.15, 0.2) is 0 Å². The number of esters is 1. The van der Waals surface area contributed by atoms with Crippen molar-refractivity contribution in [2.45, 2.75) is 13.3 Å². The number of hydrogen-bond donors (Lipinski definition) is 1. The summed E-state index contributed by atoms with van der Waals surface area (Å²) in [6.45, 7) is 4.33. The molecule has 2 amide bonds. The van der Waals surface area contributed by atoms with Crippen molar-refractivity contribution in [3.05, 3.63) is 0 Å². The van der Waals surface area contributed by atoms with Gasteiger partial charge in [0.15, 0.2) is 0 Å². The van der Waals surface area contributed by atoms with Crippen LogP contribution in [0.5, 0.6) is 0 Å². The van der Waals surface area contributed by atoms with E-state index >= 15 is 0 Å². The molecule has 120 valence electrons. The minimum Gasteiger partial charge on any atom is -0.480 e. The van der Waals surface area contributed by atoms with E-state index in [1.54, 1.807) is 9.80 Å². The molecule has 0 unspecified atom stereocenters. The predicted octanol–water partition coefficient (Wildman–Crippen LogP) is -0.306. The fourth-order valence-electron chi connectivity index (χ4n) is 2.22. The number of urea groups is 1. The molecule has 1 fully saturated rings. The maximum Gasteiger partial charge on any atom is 0.325 e. The van der Waals surface area contributed by atoms with Gasteiger partial charge in [-0.05, 0) is 6.42 Å². The lowest BCUT2D eigenvalue weighted by Gasteiger charge is -2.36. The van der Waals surface area contributed by atoms with Crippen LogP contribution in [-0.4, -0.2) is 90.7 Å². The predicted molar refractivity (Wildman–Crippen MR) is 74.9 cm³/mol. The maximum absolute atomic E-state index is 12.4. The molecule has 0 aliphatic carbocycles. The number of carbonyl (C=O) groups excluding carboxylic acids is 2. The topological polar surface area (TPSA) is 90.4 Å². The molecule has 8 nitrogen and oxygen atoms in total. The van der Waals surface area contributed by atoms with Crippen molar-refractivity contribution in [1.29, 1.82) is 0 Å². The minimum absolute atomic E-state index is 0.0110. The molecule has 1 rings (SSSR count). The highest BCUT2D eigenvalue weighted by molar-refractivity contribution is 5.81. The van der Waals surface area contributed by atoms with Gasteiger partial charge < -0.3 is 19.6 Å². The summed E-state index contributed by atoms with van der Waals surface area (Å²) in [4.78, 5) is 39.3. The van der Waals surface area contributed by atoms with Crippen molar-refractivity contribution in [3.63, 3.8) is 0 Å². The molecule has 0 radical (unpaired) electrons. The molecule has 0 spiro atoms. The van der Waals surface area contributed by atoms with E-state index in [9.17, 15) is 14.4 Å². The number of carbonyl (C=O) groups is 3. The zero-order valence-electron chi connectivity index (χ0n) is 12.6. The zero-order chi connectivity index (χ0) is 15.8. The van der Waals surface area contributed by atoms with E-state index in [2.05, 4.69) is 4.74 Å². The normalized spacial score (nSPS) is 15.6. The van der Waals surface area contributed by atoms with Gasteiger partial charge in [-0.3, -0.25) is 14.5 Å². The van der Waals surface area contributed by atoms with Gasteiger partial charge in [-0.15, -0.1) is 0 Å². The van der Waals surface area contributed by atoms with Crippen molar-refractivity contribution < 1.29 is 24.2 Å². The summed E-state index contributed by atoms with van der Waals surface area (Å²) in [7, 11) is 1.29. The minimum atomic E-state index is -0.868. The number of hydrogen-bond acceptors (Lipinski definition) is 5. The third-order valence-corrected chi connectivity index (χ3v) is 3.31. The van der Waals surface area contributed by atoms with E-state index in [1.807, 2.05) is 6.92 Å². The van der Waals surface area contributed by atoms with Crippen molar-refractivity contribution in [2.75, 3.05) is 52.9 Å². The lowest BCUT2D eigenvalue weighted by molar-refractivity contribution is -0.141. The average Bonchev–Trinajstić information content (AvgIpc) is 2.46. The van der Waals surface area contributed by atoms with Gasteiger partial charge in [0.05, 0.1) is 13.7 Å². The van der Waals surface area contributed by atoms with Gasteiger partial charge in [0.25, 0.3) is 0 Å². The van der Waals surface area contributed by atoms with Crippen LogP contribution in [-0.2, 0) is 14.3 Å². The molecular formula is C13H23N3O5. The first-order chi connectivity index (χ1) is 9.97. The number of aliphatic carboxylic acids is 1. The molecule has 0 aromatic carbocycles. The Morgan fingerprint density at radius 2 is 1.81 bits per heavy atom. The molecule has 1 aliphatic heterocycles. The number of amides is 2. The van der Waals surface area contributed by atoms with Gasteiger partial charge in [0, 0.05) is 32.7 Å². The van der Waals surface area contributed by atoms with Gasteiger partial charge >= 0.3 is 18.0 Å². The van der Waals surface area contributed by atoms with Crippen LogP contribution in [0, 0.1) is 0 Å². The van der Waals surface area contributed by atoms with Crippen LogP contribution in [0.25, 0.3) is 0 Å². The Hall–Kier alpha value is -1.83. The standard InChI is InChI=1S/C13H23N3O5/c1-3-4-16(10-12(19)21-2)13(20)15-7-5-14(6-8-15)9-11(17)18/h3-10H2,1-2H3,(H,17,18). The summed E-state index contributed by atoms with van der Waals surface area (Å²) < 4.78 is 4.60. The lowest BCUT2D eigenvalue weighted by atomic mass is 10.3. The molecule has 1 N–H and O–H groups in total. The average molecular weight is 301 g/mol. The molecule has 1 aliphatic rings. The molecule has 1 saturated heterocycles. The second-order valence-corrected chi connectivity index (χ2v) is 4.94. The Morgan fingerprint density at radius 1 is 1.19 bits per heavy atom.